The van der Waals surface area contributed by atoms with Crippen molar-refractivity contribution in [3.8, 4) is 23.3 Å². The first-order valence-corrected chi connectivity index (χ1v) is 9.60. The van der Waals surface area contributed by atoms with Gasteiger partial charge in [0.25, 0.3) is 0 Å². The van der Waals surface area contributed by atoms with Gasteiger partial charge in [-0.05, 0) is 42.8 Å². The van der Waals surface area contributed by atoms with Gasteiger partial charge in [-0.15, -0.1) is 0 Å². The molecular weight excluding hydrogens is 396 g/mol. The van der Waals surface area contributed by atoms with Crippen molar-refractivity contribution in [1.82, 2.24) is 0 Å². The molecular formula is C24H20N2O5. The summed E-state index contributed by atoms with van der Waals surface area (Å²) in [7, 11) is 1.58. The molecule has 7 nitrogen and oxygen atoms in total. The molecule has 1 unspecified atom stereocenters. The van der Waals surface area contributed by atoms with Crippen molar-refractivity contribution in [1.29, 1.82) is 5.26 Å². The summed E-state index contributed by atoms with van der Waals surface area (Å²) in [6.45, 7) is 1.83. The average molecular weight is 416 g/mol. The molecule has 0 spiro atoms. The summed E-state index contributed by atoms with van der Waals surface area (Å²) in [6.07, 6.45) is 0.108. The van der Waals surface area contributed by atoms with Gasteiger partial charge < -0.3 is 24.4 Å². The third-order valence-corrected chi connectivity index (χ3v) is 4.98. The van der Waals surface area contributed by atoms with E-state index >= 15 is 0 Å². The minimum atomic E-state index is -0.494. The minimum Gasteiger partial charge on any atom is -0.497 e. The van der Waals surface area contributed by atoms with Gasteiger partial charge in [-0.2, -0.15) is 5.26 Å². The van der Waals surface area contributed by atoms with E-state index in [1.165, 1.54) is 0 Å². The van der Waals surface area contributed by atoms with Crippen molar-refractivity contribution < 1.29 is 23.4 Å². The maximum absolute atomic E-state index is 12.4. The van der Waals surface area contributed by atoms with Crippen LogP contribution in [-0.4, -0.2) is 13.1 Å². The molecule has 2 aromatic carbocycles. The molecule has 2 N–H and O–H groups in total. The Labute approximate surface area is 179 Å². The summed E-state index contributed by atoms with van der Waals surface area (Å²) in [5.41, 5.74) is 7.77. The summed E-state index contributed by atoms with van der Waals surface area (Å²) < 4.78 is 22.0. The molecule has 0 amide bonds. The number of nitriles is 1. The van der Waals surface area contributed by atoms with Gasteiger partial charge in [0.1, 0.15) is 40.4 Å². The number of methoxy groups -OCH3 is 1. The molecule has 156 valence electrons. The number of furan rings is 1. The number of nitrogens with two attached hydrogens (primary N) is 1. The standard InChI is InChI=1S/C24H20N2O5/c1-14-3-10-20(29-14)23-18-9-8-17(12-21(18)31-24(26)19(23)13-25)30-22(27)11-15-4-6-16(28-2)7-5-15/h3-10,12,23H,11,26H2,1-2H3. The van der Waals surface area contributed by atoms with Gasteiger partial charge in [0.15, 0.2) is 0 Å². The Kier molecular flexibility index (Phi) is 5.37. The Morgan fingerprint density at radius 1 is 1.13 bits per heavy atom. The number of carbonyl (C=O) groups excluding carboxylic acids is 1. The Hall–Kier alpha value is -4.18. The lowest BCUT2D eigenvalue weighted by atomic mass is 9.87. The molecule has 1 atom stereocenters. The first kappa shape index (κ1) is 20.1. The highest BCUT2D eigenvalue weighted by Gasteiger charge is 2.33. The van der Waals surface area contributed by atoms with Crippen molar-refractivity contribution in [3.63, 3.8) is 0 Å². The Morgan fingerprint density at radius 2 is 1.87 bits per heavy atom. The highest BCUT2D eigenvalue weighted by Crippen LogP contribution is 2.43. The first-order chi connectivity index (χ1) is 15.0. The third kappa shape index (κ3) is 4.09. The SMILES string of the molecule is COc1ccc(CC(=O)Oc2ccc3c(c2)OC(N)=C(C#N)C3c2ccc(C)o2)cc1. The molecule has 31 heavy (non-hydrogen) atoms. The van der Waals surface area contributed by atoms with Crippen LogP contribution >= 0.6 is 0 Å². The summed E-state index contributed by atoms with van der Waals surface area (Å²) in [5, 5.41) is 9.59. The van der Waals surface area contributed by atoms with Crippen LogP contribution in [0.4, 0.5) is 0 Å². The third-order valence-electron chi connectivity index (χ3n) is 4.98. The summed E-state index contributed by atoms with van der Waals surface area (Å²) in [4.78, 5) is 12.4. The maximum atomic E-state index is 12.4. The van der Waals surface area contributed by atoms with E-state index in [-0.39, 0.29) is 17.9 Å². The molecule has 0 saturated carbocycles. The van der Waals surface area contributed by atoms with Crippen LogP contribution in [0.1, 0.15) is 28.6 Å². The predicted octanol–water partition coefficient (Wildman–Crippen LogP) is 3.96. The number of ether oxygens (including phenoxy) is 3. The maximum Gasteiger partial charge on any atom is 0.315 e. The summed E-state index contributed by atoms with van der Waals surface area (Å²) >= 11 is 0. The van der Waals surface area contributed by atoms with Gasteiger partial charge in [0.05, 0.1) is 19.4 Å². The number of carbonyl (C=O) groups is 1. The molecule has 0 fully saturated rings. The number of rotatable bonds is 5. The minimum absolute atomic E-state index is 0.00392. The Balaban J connectivity index is 1.56. The van der Waals surface area contributed by atoms with Crippen molar-refractivity contribution in [2.75, 3.05) is 7.11 Å². The number of hydrogen-bond acceptors (Lipinski definition) is 7. The number of esters is 1. The van der Waals surface area contributed by atoms with Crippen molar-refractivity contribution >= 4 is 5.97 Å². The molecule has 7 heteroatoms. The van der Waals surface area contributed by atoms with Crippen molar-refractivity contribution in [2.45, 2.75) is 19.3 Å². The molecule has 4 rings (SSSR count). The molecule has 3 aromatic rings. The second-order valence-electron chi connectivity index (χ2n) is 7.07. The average Bonchev–Trinajstić information content (AvgIpc) is 3.19. The zero-order valence-corrected chi connectivity index (χ0v) is 17.0. The summed E-state index contributed by atoms with van der Waals surface area (Å²) in [5.74, 6) is 1.84. The number of hydrogen-bond donors (Lipinski definition) is 1. The van der Waals surface area contributed by atoms with Crippen molar-refractivity contribution in [2.24, 2.45) is 5.73 Å². The lowest BCUT2D eigenvalue weighted by Gasteiger charge is -2.25. The molecule has 0 radical (unpaired) electrons. The fourth-order valence-corrected chi connectivity index (χ4v) is 3.48. The molecule has 0 aliphatic carbocycles. The molecule has 0 bridgehead atoms. The Morgan fingerprint density at radius 3 is 2.52 bits per heavy atom. The fourth-order valence-electron chi connectivity index (χ4n) is 3.48. The van der Waals surface area contributed by atoms with Crippen LogP contribution in [0.15, 0.2) is 70.5 Å². The second-order valence-corrected chi connectivity index (χ2v) is 7.07. The smallest absolute Gasteiger partial charge is 0.315 e. The van der Waals surface area contributed by atoms with Gasteiger partial charge >= 0.3 is 5.97 Å². The zero-order chi connectivity index (χ0) is 22.0. The molecule has 1 aromatic heterocycles. The molecule has 2 heterocycles. The molecule has 1 aliphatic rings. The quantitative estimate of drug-likeness (QED) is 0.495. The van der Waals surface area contributed by atoms with Crippen LogP contribution in [0.3, 0.4) is 0 Å². The van der Waals surface area contributed by atoms with E-state index in [2.05, 4.69) is 6.07 Å². The van der Waals surface area contributed by atoms with Crippen LogP contribution in [0.25, 0.3) is 0 Å². The number of benzene rings is 2. The van der Waals surface area contributed by atoms with E-state index in [0.29, 0.717) is 28.6 Å². The number of nitrogens with zero attached hydrogens (tertiary/aromatic N) is 1. The first-order valence-electron chi connectivity index (χ1n) is 9.60. The van der Waals surface area contributed by atoms with E-state index in [1.54, 1.807) is 49.6 Å². The van der Waals surface area contributed by atoms with Gasteiger partial charge in [-0.3, -0.25) is 4.79 Å². The van der Waals surface area contributed by atoms with Gasteiger partial charge in [0.2, 0.25) is 5.88 Å². The van der Waals surface area contributed by atoms with Crippen molar-refractivity contribution in [3.05, 3.63) is 88.7 Å². The van der Waals surface area contributed by atoms with Gasteiger partial charge in [-0.1, -0.05) is 18.2 Å². The summed E-state index contributed by atoms with van der Waals surface area (Å²) in [6, 6.07) is 17.9. The zero-order valence-electron chi connectivity index (χ0n) is 17.0. The van der Waals surface area contributed by atoms with E-state index in [1.807, 2.05) is 19.1 Å². The van der Waals surface area contributed by atoms with E-state index in [0.717, 1.165) is 11.3 Å². The van der Waals surface area contributed by atoms with Crippen LogP contribution < -0.4 is 19.9 Å². The van der Waals surface area contributed by atoms with E-state index < -0.39 is 11.9 Å². The molecule has 1 aliphatic heterocycles. The predicted molar refractivity (Wildman–Crippen MR) is 112 cm³/mol. The largest absolute Gasteiger partial charge is 0.497 e. The number of allylic oxidation sites excluding steroid dienone is 1. The fraction of sp³-hybridized carbons (Fsp3) is 0.167. The monoisotopic (exact) mass is 416 g/mol. The topological polar surface area (TPSA) is 108 Å². The van der Waals surface area contributed by atoms with E-state index in [9.17, 15) is 10.1 Å². The van der Waals surface area contributed by atoms with Crippen LogP contribution in [-0.2, 0) is 11.2 Å². The molecule has 0 saturated heterocycles. The Bertz CT molecular complexity index is 1200. The number of aryl methyl sites for hydroxylation is 1. The van der Waals surface area contributed by atoms with E-state index in [4.69, 9.17) is 24.4 Å². The van der Waals surface area contributed by atoms with Crippen LogP contribution in [0.5, 0.6) is 17.2 Å². The second kappa shape index (κ2) is 8.28. The highest BCUT2D eigenvalue weighted by molar-refractivity contribution is 5.75. The normalized spacial score (nSPS) is 14.9. The lowest BCUT2D eigenvalue weighted by Crippen LogP contribution is -2.21. The lowest BCUT2D eigenvalue weighted by molar-refractivity contribution is -0.133. The van der Waals surface area contributed by atoms with Crippen LogP contribution in [0.2, 0.25) is 0 Å². The number of fused-ring (bicyclic) bond motifs is 1. The highest BCUT2D eigenvalue weighted by atomic mass is 16.5. The van der Waals surface area contributed by atoms with Gasteiger partial charge in [-0.25, -0.2) is 0 Å². The van der Waals surface area contributed by atoms with Crippen LogP contribution in [0, 0.1) is 18.3 Å². The van der Waals surface area contributed by atoms with Gasteiger partial charge in [0, 0.05) is 11.6 Å².